The number of hydrogen-bond acceptors (Lipinski definition) is 6. The number of nitrogens with zero attached hydrogens (tertiary/aromatic N) is 4. The van der Waals surface area contributed by atoms with Crippen molar-refractivity contribution in [2.75, 3.05) is 0 Å². The Balaban J connectivity index is 1.61. The third-order valence-corrected chi connectivity index (χ3v) is 4.13. The lowest BCUT2D eigenvalue weighted by Crippen LogP contribution is -2.30. The summed E-state index contributed by atoms with van der Waals surface area (Å²) >= 11 is 0. The van der Waals surface area contributed by atoms with Gasteiger partial charge in [0.2, 0.25) is 0 Å². The van der Waals surface area contributed by atoms with Crippen LogP contribution in [0.25, 0.3) is 22.0 Å². The average Bonchev–Trinajstić information content (AvgIpc) is 2.73. The number of ether oxygens (including phenoxy) is 1. The summed E-state index contributed by atoms with van der Waals surface area (Å²) in [5, 5.41) is 7.98. The zero-order valence-electron chi connectivity index (χ0n) is 15.2. The summed E-state index contributed by atoms with van der Waals surface area (Å²) < 4.78 is 40.8. The Morgan fingerprint density at radius 1 is 1.00 bits per heavy atom. The van der Waals surface area contributed by atoms with Gasteiger partial charge in [-0.25, -0.2) is 0 Å². The molecule has 30 heavy (non-hydrogen) atoms. The topological polar surface area (TPSA) is 79.1 Å². The summed E-state index contributed by atoms with van der Waals surface area (Å²) in [6, 6.07) is 13.7. The summed E-state index contributed by atoms with van der Waals surface area (Å²) in [6.45, 7) is 0.0777. The monoisotopic (exact) mass is 414 g/mol. The van der Waals surface area contributed by atoms with Gasteiger partial charge in [-0.1, -0.05) is 24.3 Å². The van der Waals surface area contributed by atoms with Crippen LogP contribution in [0.5, 0.6) is 5.75 Å². The second kappa shape index (κ2) is 7.82. The fraction of sp³-hybridized carbons (Fsp3) is 0.100. The first-order valence-corrected chi connectivity index (χ1v) is 8.67. The van der Waals surface area contributed by atoms with E-state index >= 15 is 0 Å². The van der Waals surface area contributed by atoms with Crippen molar-refractivity contribution in [2.45, 2.75) is 13.0 Å². The molecule has 0 saturated heterocycles. The summed E-state index contributed by atoms with van der Waals surface area (Å²) in [5.41, 5.74) is 1.82. The highest BCUT2D eigenvalue weighted by atomic mass is 19.4. The van der Waals surface area contributed by atoms with Crippen LogP contribution in [0, 0.1) is 0 Å². The van der Waals surface area contributed by atoms with Crippen molar-refractivity contribution in [1.29, 1.82) is 0 Å². The molecule has 2 aromatic carbocycles. The van der Waals surface area contributed by atoms with Gasteiger partial charge in [0.1, 0.15) is 17.9 Å². The lowest BCUT2D eigenvalue weighted by atomic mass is 10.0. The maximum Gasteiger partial charge on any atom is 0.573 e. The van der Waals surface area contributed by atoms with Gasteiger partial charge >= 0.3 is 11.9 Å². The van der Waals surface area contributed by atoms with Crippen LogP contribution in [0.1, 0.15) is 5.56 Å². The van der Waals surface area contributed by atoms with Gasteiger partial charge in [-0.3, -0.25) is 9.78 Å². The van der Waals surface area contributed by atoms with E-state index in [1.807, 2.05) is 0 Å². The molecule has 0 atom stereocenters. The third-order valence-electron chi connectivity index (χ3n) is 4.13. The van der Waals surface area contributed by atoms with Gasteiger partial charge in [0.15, 0.2) is 0 Å². The highest BCUT2D eigenvalue weighted by Gasteiger charge is 2.30. The van der Waals surface area contributed by atoms with E-state index in [1.54, 1.807) is 42.7 Å². The van der Waals surface area contributed by atoms with E-state index < -0.39 is 11.9 Å². The molecule has 0 N–H and O–H groups in total. The van der Waals surface area contributed by atoms with Gasteiger partial charge in [0, 0.05) is 18.0 Å². The van der Waals surface area contributed by atoms with Crippen molar-refractivity contribution in [3.63, 3.8) is 0 Å². The highest BCUT2D eigenvalue weighted by molar-refractivity contribution is 5.83. The Kier molecular flexibility index (Phi) is 5.05. The number of alkyl halides is 3. The van der Waals surface area contributed by atoms with Crippen molar-refractivity contribution in [3.8, 4) is 16.9 Å². The lowest BCUT2D eigenvalue weighted by molar-refractivity contribution is -0.274. The number of halogens is 3. The van der Waals surface area contributed by atoms with E-state index in [1.165, 1.54) is 24.3 Å². The standard InChI is InChI=1S/C20H13F3N4O3/c21-20(22,23)30-16-6-3-14(4-7-16)15-5-8-18-17(10-15)19(28)27(26-25-18)29-12-13-2-1-9-24-11-13/h1-11H,12H2. The minimum atomic E-state index is -4.76. The van der Waals surface area contributed by atoms with Crippen molar-refractivity contribution in [1.82, 2.24) is 20.1 Å². The summed E-state index contributed by atoms with van der Waals surface area (Å²) in [6.07, 6.45) is -1.54. The summed E-state index contributed by atoms with van der Waals surface area (Å²) in [4.78, 5) is 22.9. The Morgan fingerprint density at radius 2 is 1.77 bits per heavy atom. The molecule has 0 amide bonds. The largest absolute Gasteiger partial charge is 0.573 e. The molecule has 0 unspecified atom stereocenters. The van der Waals surface area contributed by atoms with Crippen molar-refractivity contribution < 1.29 is 22.7 Å². The molecule has 2 aromatic heterocycles. The minimum absolute atomic E-state index is 0.0777. The molecule has 4 rings (SSSR count). The van der Waals surface area contributed by atoms with Gasteiger partial charge in [-0.15, -0.1) is 18.3 Å². The number of pyridine rings is 1. The average molecular weight is 414 g/mol. The van der Waals surface area contributed by atoms with Gasteiger partial charge in [0.05, 0.1) is 5.39 Å². The van der Waals surface area contributed by atoms with Crippen molar-refractivity contribution in [3.05, 3.63) is 82.9 Å². The van der Waals surface area contributed by atoms with Gasteiger partial charge < -0.3 is 9.57 Å². The van der Waals surface area contributed by atoms with Crippen LogP contribution in [0.2, 0.25) is 0 Å². The maximum absolute atomic E-state index is 12.7. The van der Waals surface area contributed by atoms with E-state index in [0.717, 1.165) is 10.4 Å². The molecule has 0 bridgehead atoms. The first-order chi connectivity index (χ1) is 14.4. The molecule has 0 aliphatic rings. The molecule has 0 aliphatic carbocycles. The molecule has 0 saturated carbocycles. The maximum atomic E-state index is 12.7. The molecule has 0 fully saturated rings. The third kappa shape index (κ3) is 4.37. The smallest absolute Gasteiger partial charge is 0.406 e. The molecule has 10 heteroatoms. The molecule has 0 spiro atoms. The summed E-state index contributed by atoms with van der Waals surface area (Å²) in [5.74, 6) is -0.330. The zero-order chi connectivity index (χ0) is 21.1. The Bertz CT molecular complexity index is 1230. The Labute approximate surface area is 167 Å². The van der Waals surface area contributed by atoms with E-state index in [0.29, 0.717) is 16.6 Å². The molecule has 2 heterocycles. The Hall–Kier alpha value is -3.95. The van der Waals surface area contributed by atoms with Crippen LogP contribution in [0.4, 0.5) is 13.2 Å². The number of rotatable bonds is 5. The first kappa shape index (κ1) is 19.4. The molecular formula is C20H13F3N4O3. The van der Waals surface area contributed by atoms with Crippen molar-refractivity contribution in [2.24, 2.45) is 0 Å². The zero-order valence-corrected chi connectivity index (χ0v) is 15.2. The fourth-order valence-corrected chi connectivity index (χ4v) is 2.76. The SMILES string of the molecule is O=c1c2cc(-c3ccc(OC(F)(F)F)cc3)ccc2nnn1OCc1cccnc1. The highest BCUT2D eigenvalue weighted by Crippen LogP contribution is 2.27. The number of benzene rings is 2. The van der Waals surface area contributed by atoms with Crippen molar-refractivity contribution >= 4 is 10.9 Å². The molecule has 7 nitrogen and oxygen atoms in total. The predicted octanol–water partition coefficient (Wildman–Crippen LogP) is 3.38. The molecule has 0 radical (unpaired) electrons. The van der Waals surface area contributed by atoms with Crippen LogP contribution in [0.15, 0.2) is 71.8 Å². The van der Waals surface area contributed by atoms with Crippen LogP contribution in [0.3, 0.4) is 0 Å². The van der Waals surface area contributed by atoms with E-state index in [4.69, 9.17) is 4.84 Å². The molecule has 0 aliphatic heterocycles. The fourth-order valence-electron chi connectivity index (χ4n) is 2.76. The number of hydrogen-bond donors (Lipinski definition) is 0. The molecular weight excluding hydrogens is 401 g/mol. The Morgan fingerprint density at radius 3 is 2.47 bits per heavy atom. The summed E-state index contributed by atoms with van der Waals surface area (Å²) in [7, 11) is 0. The van der Waals surface area contributed by atoms with Crippen LogP contribution < -0.4 is 15.1 Å². The van der Waals surface area contributed by atoms with Crippen LogP contribution >= 0.6 is 0 Å². The number of fused-ring (bicyclic) bond motifs is 1. The second-order valence-electron chi connectivity index (χ2n) is 6.21. The normalized spacial score (nSPS) is 11.4. The van der Waals surface area contributed by atoms with Crippen LogP contribution in [-0.2, 0) is 6.61 Å². The van der Waals surface area contributed by atoms with Crippen LogP contribution in [-0.4, -0.2) is 26.5 Å². The predicted molar refractivity (Wildman–Crippen MR) is 100 cm³/mol. The minimum Gasteiger partial charge on any atom is -0.406 e. The lowest BCUT2D eigenvalue weighted by Gasteiger charge is -2.10. The number of aromatic nitrogens is 4. The van der Waals surface area contributed by atoms with Gasteiger partial charge in [-0.2, -0.15) is 0 Å². The second-order valence-corrected chi connectivity index (χ2v) is 6.21. The quantitative estimate of drug-likeness (QED) is 0.498. The van der Waals surface area contributed by atoms with E-state index in [-0.39, 0.29) is 17.7 Å². The van der Waals surface area contributed by atoms with Gasteiger partial charge in [-0.05, 0) is 51.5 Å². The molecule has 4 aromatic rings. The van der Waals surface area contributed by atoms with E-state index in [2.05, 4.69) is 20.0 Å². The first-order valence-electron chi connectivity index (χ1n) is 8.67. The van der Waals surface area contributed by atoms with Gasteiger partial charge in [0.25, 0.3) is 0 Å². The van der Waals surface area contributed by atoms with E-state index in [9.17, 15) is 18.0 Å². The molecule has 152 valence electrons.